The Kier molecular flexibility index (Phi) is 4.38. The molecule has 1 amide bonds. The molecule has 0 aliphatic carbocycles. The van der Waals surface area contributed by atoms with Crippen molar-refractivity contribution >= 4 is 40.3 Å². The number of amides is 1. The molecule has 2 fully saturated rings. The maximum Gasteiger partial charge on any atom is 0.253 e. The molecule has 0 radical (unpaired) electrons. The van der Waals surface area contributed by atoms with Gasteiger partial charge in [-0.2, -0.15) is 0 Å². The molecule has 0 bridgehead atoms. The van der Waals surface area contributed by atoms with Crippen molar-refractivity contribution < 1.29 is 9.53 Å². The summed E-state index contributed by atoms with van der Waals surface area (Å²) in [6.45, 7) is 3.60. The molecular weight excluding hydrogens is 334 g/mol. The van der Waals surface area contributed by atoms with Crippen LogP contribution in [0.5, 0.6) is 0 Å². The number of benzene rings is 2. The van der Waals surface area contributed by atoms with E-state index < -0.39 is 0 Å². The van der Waals surface area contributed by atoms with E-state index >= 15 is 0 Å². The largest absolute Gasteiger partial charge is 0.378 e. The van der Waals surface area contributed by atoms with Crippen molar-refractivity contribution in [2.45, 2.75) is 0 Å². The van der Waals surface area contributed by atoms with Gasteiger partial charge in [-0.3, -0.25) is 9.69 Å². The highest BCUT2D eigenvalue weighted by atomic mass is 32.1. The molecule has 2 aliphatic heterocycles. The Morgan fingerprint density at radius 2 is 1.48 bits per heavy atom. The molecule has 0 atom stereocenters. The summed E-state index contributed by atoms with van der Waals surface area (Å²) in [6.07, 6.45) is 0. The molecule has 0 saturated carbocycles. The van der Waals surface area contributed by atoms with Crippen LogP contribution >= 0.6 is 12.2 Å². The monoisotopic (exact) mass is 353 g/mol. The van der Waals surface area contributed by atoms with E-state index in [9.17, 15) is 4.79 Å². The molecule has 2 aromatic carbocycles. The van der Waals surface area contributed by atoms with Crippen LogP contribution in [0.2, 0.25) is 0 Å². The van der Waals surface area contributed by atoms with E-state index in [1.807, 2.05) is 47.4 Å². The Balaban J connectivity index is 1.54. The van der Waals surface area contributed by atoms with Crippen LogP contribution < -0.4 is 14.7 Å². The molecule has 0 N–H and O–H groups in total. The second-order valence-electron chi connectivity index (χ2n) is 6.05. The lowest BCUT2D eigenvalue weighted by atomic mass is 10.2. The van der Waals surface area contributed by atoms with E-state index in [0.717, 1.165) is 37.7 Å². The molecule has 2 aromatic rings. The highest BCUT2D eigenvalue weighted by molar-refractivity contribution is 7.81. The fourth-order valence-corrected chi connectivity index (χ4v) is 3.58. The van der Waals surface area contributed by atoms with E-state index in [4.69, 9.17) is 17.0 Å². The molecule has 2 heterocycles. The molecule has 128 valence electrons. The summed E-state index contributed by atoms with van der Waals surface area (Å²) >= 11 is 5.57. The topological polar surface area (TPSA) is 36.0 Å². The van der Waals surface area contributed by atoms with E-state index in [2.05, 4.69) is 17.0 Å². The number of carbonyl (C=O) groups is 1. The third-order valence-corrected chi connectivity index (χ3v) is 4.92. The number of rotatable bonds is 3. The minimum Gasteiger partial charge on any atom is -0.378 e. The molecule has 2 aliphatic rings. The number of morpholine rings is 1. The summed E-state index contributed by atoms with van der Waals surface area (Å²) in [6, 6.07) is 17.8. The van der Waals surface area contributed by atoms with Gasteiger partial charge in [0, 0.05) is 24.5 Å². The zero-order chi connectivity index (χ0) is 17.2. The maximum absolute atomic E-state index is 12.5. The molecule has 6 heteroatoms. The quantitative estimate of drug-likeness (QED) is 0.793. The lowest BCUT2D eigenvalue weighted by molar-refractivity contribution is -0.115. The molecule has 0 unspecified atom stereocenters. The summed E-state index contributed by atoms with van der Waals surface area (Å²) in [5.74, 6) is -0.00606. The summed E-state index contributed by atoms with van der Waals surface area (Å²) in [5.41, 5.74) is 2.92. The number of anilines is 3. The molecule has 5 nitrogen and oxygen atoms in total. The van der Waals surface area contributed by atoms with Crippen LogP contribution in [-0.2, 0) is 9.53 Å². The molecule has 4 rings (SSSR count). The van der Waals surface area contributed by atoms with Crippen LogP contribution in [0.15, 0.2) is 54.6 Å². The lowest BCUT2D eigenvalue weighted by Crippen LogP contribution is -2.36. The van der Waals surface area contributed by atoms with Gasteiger partial charge in [0.2, 0.25) is 0 Å². The Labute approximate surface area is 152 Å². The van der Waals surface area contributed by atoms with Crippen molar-refractivity contribution in [1.82, 2.24) is 0 Å². The van der Waals surface area contributed by atoms with Gasteiger partial charge in [0.05, 0.1) is 18.9 Å². The van der Waals surface area contributed by atoms with Crippen LogP contribution in [0, 0.1) is 0 Å². The highest BCUT2D eigenvalue weighted by Gasteiger charge is 2.34. The van der Waals surface area contributed by atoms with Gasteiger partial charge in [-0.05, 0) is 48.6 Å². The van der Waals surface area contributed by atoms with Gasteiger partial charge < -0.3 is 14.5 Å². The van der Waals surface area contributed by atoms with Crippen molar-refractivity contribution in [3.8, 4) is 0 Å². The number of carbonyl (C=O) groups excluding carboxylic acids is 1. The van der Waals surface area contributed by atoms with Gasteiger partial charge in [0.25, 0.3) is 5.91 Å². The van der Waals surface area contributed by atoms with Crippen molar-refractivity contribution in [1.29, 1.82) is 0 Å². The smallest absolute Gasteiger partial charge is 0.253 e. The molecule has 0 aromatic heterocycles. The molecule has 2 saturated heterocycles. The van der Waals surface area contributed by atoms with E-state index in [1.165, 1.54) is 5.69 Å². The average Bonchev–Trinajstić information content (AvgIpc) is 2.97. The Morgan fingerprint density at radius 1 is 0.840 bits per heavy atom. The van der Waals surface area contributed by atoms with Crippen LogP contribution in [0.4, 0.5) is 17.1 Å². The molecule has 0 spiro atoms. The first-order valence-electron chi connectivity index (χ1n) is 8.36. The average molecular weight is 353 g/mol. The zero-order valence-electron chi connectivity index (χ0n) is 13.8. The summed E-state index contributed by atoms with van der Waals surface area (Å²) in [7, 11) is 0. The number of hydrogen-bond acceptors (Lipinski definition) is 4. The zero-order valence-corrected chi connectivity index (χ0v) is 14.6. The summed E-state index contributed by atoms with van der Waals surface area (Å²) in [5, 5.41) is 0.523. The summed E-state index contributed by atoms with van der Waals surface area (Å²) in [4.78, 5) is 18.2. The van der Waals surface area contributed by atoms with Gasteiger partial charge in [-0.15, -0.1) is 0 Å². The number of hydrogen-bond donors (Lipinski definition) is 0. The predicted molar refractivity (Wildman–Crippen MR) is 103 cm³/mol. The summed E-state index contributed by atoms with van der Waals surface area (Å²) < 4.78 is 5.40. The standard InChI is InChI=1S/C19H19N3O2S/c23-18-14-21(19(25)22(18)17-4-2-1-3-5-17)16-8-6-15(7-9-16)20-10-12-24-13-11-20/h1-9H,10-14H2. The normalized spacial score (nSPS) is 18.2. The predicted octanol–water partition coefficient (Wildman–Crippen LogP) is 2.66. The number of nitrogens with zero attached hydrogens (tertiary/aromatic N) is 3. The van der Waals surface area contributed by atoms with Crippen molar-refractivity contribution in [2.24, 2.45) is 0 Å². The first-order chi connectivity index (χ1) is 12.2. The van der Waals surface area contributed by atoms with Crippen LogP contribution in [0.25, 0.3) is 0 Å². The molecule has 25 heavy (non-hydrogen) atoms. The van der Waals surface area contributed by atoms with Gasteiger partial charge in [-0.25, -0.2) is 0 Å². The second kappa shape index (κ2) is 6.82. The van der Waals surface area contributed by atoms with E-state index in [1.54, 1.807) is 4.90 Å². The van der Waals surface area contributed by atoms with Gasteiger partial charge >= 0.3 is 0 Å². The Bertz CT molecular complexity index is 773. The lowest BCUT2D eigenvalue weighted by Gasteiger charge is -2.29. The second-order valence-corrected chi connectivity index (χ2v) is 6.41. The molecular formula is C19H19N3O2S. The SMILES string of the molecule is O=C1CN(c2ccc(N3CCOCC3)cc2)C(=S)N1c1ccccc1. The number of para-hydroxylation sites is 1. The van der Waals surface area contributed by atoms with Crippen molar-refractivity contribution in [3.63, 3.8) is 0 Å². The van der Waals surface area contributed by atoms with Gasteiger partial charge in [0.1, 0.15) is 6.54 Å². The van der Waals surface area contributed by atoms with Crippen LogP contribution in [0.3, 0.4) is 0 Å². The van der Waals surface area contributed by atoms with E-state index in [0.29, 0.717) is 5.11 Å². The third kappa shape index (κ3) is 3.10. The number of ether oxygens (including phenoxy) is 1. The fourth-order valence-electron chi connectivity index (χ4n) is 3.20. The Morgan fingerprint density at radius 3 is 2.16 bits per heavy atom. The first-order valence-corrected chi connectivity index (χ1v) is 8.77. The maximum atomic E-state index is 12.5. The van der Waals surface area contributed by atoms with Crippen LogP contribution in [0.1, 0.15) is 0 Å². The van der Waals surface area contributed by atoms with Gasteiger partial charge in [-0.1, -0.05) is 18.2 Å². The van der Waals surface area contributed by atoms with Gasteiger partial charge in [0.15, 0.2) is 5.11 Å². The minimum atomic E-state index is -0.00606. The first kappa shape index (κ1) is 16.1. The number of thiocarbonyl (C=S) groups is 1. The van der Waals surface area contributed by atoms with Crippen molar-refractivity contribution in [3.05, 3.63) is 54.6 Å². The van der Waals surface area contributed by atoms with Crippen molar-refractivity contribution in [2.75, 3.05) is 47.5 Å². The Hall–Kier alpha value is -2.44. The van der Waals surface area contributed by atoms with Crippen LogP contribution in [-0.4, -0.2) is 43.9 Å². The fraction of sp³-hybridized carbons (Fsp3) is 0.263. The highest BCUT2D eigenvalue weighted by Crippen LogP contribution is 2.28. The minimum absolute atomic E-state index is 0.00606. The third-order valence-electron chi connectivity index (χ3n) is 4.52. The van der Waals surface area contributed by atoms with E-state index in [-0.39, 0.29) is 12.5 Å².